The quantitative estimate of drug-likeness (QED) is 0.653. The van der Waals surface area contributed by atoms with E-state index in [0.717, 1.165) is 0 Å². The van der Waals surface area contributed by atoms with E-state index >= 15 is 0 Å². The van der Waals surface area contributed by atoms with Crippen LogP contribution in [-0.4, -0.2) is 28.1 Å². The van der Waals surface area contributed by atoms with Gasteiger partial charge in [0, 0.05) is 11.2 Å². The molecule has 10 heavy (non-hydrogen) atoms. The van der Waals surface area contributed by atoms with Crippen molar-refractivity contribution < 1.29 is 18.3 Å². The van der Waals surface area contributed by atoms with E-state index in [1.165, 1.54) is 7.11 Å². The largest absolute Gasteiger partial charge is 0.481 e. The number of carbonyl (C=O) groups is 1. The molecule has 1 N–H and O–H groups in total. The van der Waals surface area contributed by atoms with E-state index in [2.05, 4.69) is 15.4 Å². The number of carboxylic acid groups (broad SMARTS) is 1. The van der Waals surface area contributed by atoms with E-state index in [4.69, 9.17) is 5.11 Å². The molecule has 0 aliphatic heterocycles. The molecule has 0 aliphatic carbocycles. The number of rotatable bonds is 4. The Kier molecular flexibility index (Phi) is 3.77. The second-order valence-electron chi connectivity index (χ2n) is 1.57. The zero-order valence-corrected chi connectivity index (χ0v) is 7.04. The monoisotopic (exact) mass is 184 g/mol. The molecule has 0 aliphatic rings. The van der Waals surface area contributed by atoms with E-state index in [1.54, 1.807) is 0 Å². The highest BCUT2D eigenvalue weighted by Gasteiger charge is 2.06. The van der Waals surface area contributed by atoms with Gasteiger partial charge in [-0.2, -0.15) is 0 Å². The van der Waals surface area contributed by atoms with Crippen LogP contribution in [0.2, 0.25) is 0 Å². The molecule has 0 aromatic heterocycles. The minimum absolute atomic E-state index is 0.103. The van der Waals surface area contributed by atoms with E-state index < -0.39 is 14.7 Å². The van der Waals surface area contributed by atoms with Crippen molar-refractivity contribution in [1.82, 2.24) is 0 Å². The van der Waals surface area contributed by atoms with Gasteiger partial charge >= 0.3 is 5.97 Å². The van der Waals surface area contributed by atoms with Gasteiger partial charge in [0.05, 0.1) is 19.3 Å². The lowest BCUT2D eigenvalue weighted by Crippen LogP contribution is -2.10. The summed E-state index contributed by atoms with van der Waals surface area (Å²) >= 11 is 4.41. The van der Waals surface area contributed by atoms with Crippen LogP contribution in [0.15, 0.2) is 0 Å². The molecular weight excluding hydrogens is 176 g/mol. The highest BCUT2D eigenvalue weighted by Crippen LogP contribution is 1.94. The fourth-order valence-electron chi connectivity index (χ4n) is 0.296. The predicted molar refractivity (Wildman–Crippen MR) is 39.6 cm³/mol. The summed E-state index contributed by atoms with van der Waals surface area (Å²) in [4.78, 5) is 9.93. The molecule has 0 heterocycles. The van der Waals surface area contributed by atoms with Crippen LogP contribution >= 0.6 is 0 Å². The van der Waals surface area contributed by atoms with Crippen molar-refractivity contribution in [1.29, 1.82) is 0 Å². The summed E-state index contributed by atoms with van der Waals surface area (Å²) in [6, 6.07) is 0. The van der Waals surface area contributed by atoms with Gasteiger partial charge in [0.2, 0.25) is 0 Å². The average Bonchev–Trinajstić information content (AvgIpc) is 1.85. The Morgan fingerprint density at radius 1 is 1.80 bits per heavy atom. The van der Waals surface area contributed by atoms with Gasteiger partial charge in [-0.05, 0) is 0 Å². The van der Waals surface area contributed by atoms with Gasteiger partial charge in [-0.3, -0.25) is 8.98 Å². The molecule has 0 bridgehead atoms. The van der Waals surface area contributed by atoms with Gasteiger partial charge < -0.3 is 5.11 Å². The van der Waals surface area contributed by atoms with Crippen LogP contribution in [0.3, 0.4) is 0 Å². The number of hydrogen-bond acceptors (Lipinski definition) is 4. The Bertz CT molecular complexity index is 205. The van der Waals surface area contributed by atoms with Crippen molar-refractivity contribution in [2.75, 3.05) is 12.9 Å². The van der Waals surface area contributed by atoms with Crippen LogP contribution in [0.4, 0.5) is 0 Å². The SMILES string of the molecule is COS(=O)(=S)CCC(=O)O. The second kappa shape index (κ2) is 3.85. The first-order valence-corrected chi connectivity index (χ1v) is 5.06. The van der Waals surface area contributed by atoms with E-state index in [9.17, 15) is 9.00 Å². The van der Waals surface area contributed by atoms with Gasteiger partial charge in [-0.25, -0.2) is 4.21 Å². The van der Waals surface area contributed by atoms with Crippen molar-refractivity contribution in [3.05, 3.63) is 0 Å². The first kappa shape index (κ1) is 9.80. The fourth-order valence-corrected chi connectivity index (χ4v) is 1.14. The zero-order valence-electron chi connectivity index (χ0n) is 5.40. The van der Waals surface area contributed by atoms with E-state index in [-0.39, 0.29) is 12.2 Å². The summed E-state index contributed by atoms with van der Waals surface area (Å²) in [5.41, 5.74) is 0. The topological polar surface area (TPSA) is 63.6 Å². The summed E-state index contributed by atoms with van der Waals surface area (Å²) in [5.74, 6) is -1.12. The smallest absolute Gasteiger partial charge is 0.304 e. The van der Waals surface area contributed by atoms with Crippen LogP contribution < -0.4 is 0 Å². The Labute approximate surface area is 64.1 Å². The summed E-state index contributed by atoms with van der Waals surface area (Å²) in [5, 5.41) is 8.14. The maximum absolute atomic E-state index is 10.8. The van der Waals surface area contributed by atoms with Crippen molar-refractivity contribution in [3.63, 3.8) is 0 Å². The predicted octanol–water partition coefficient (Wildman–Crippen LogP) is -0.231. The minimum atomic E-state index is -2.76. The third kappa shape index (κ3) is 4.66. The molecule has 0 aromatic rings. The summed E-state index contributed by atoms with van der Waals surface area (Å²) in [6.45, 7) is 0. The van der Waals surface area contributed by atoms with Gasteiger partial charge in [-0.15, -0.1) is 0 Å². The lowest BCUT2D eigenvalue weighted by Gasteiger charge is -1.99. The van der Waals surface area contributed by atoms with Crippen molar-refractivity contribution in [2.45, 2.75) is 6.42 Å². The molecule has 1 atom stereocenters. The molecule has 0 fully saturated rings. The zero-order chi connectivity index (χ0) is 8.20. The highest BCUT2D eigenvalue weighted by atomic mass is 32.8. The van der Waals surface area contributed by atoms with Crippen LogP contribution in [0, 0.1) is 0 Å². The highest BCUT2D eigenvalue weighted by molar-refractivity contribution is 8.30. The third-order valence-corrected chi connectivity index (χ3v) is 2.94. The molecule has 0 spiro atoms. The lowest BCUT2D eigenvalue weighted by atomic mass is 10.5. The van der Waals surface area contributed by atoms with Crippen molar-refractivity contribution in [2.24, 2.45) is 0 Å². The molecule has 0 rings (SSSR count). The molecule has 1 unspecified atom stereocenters. The molecule has 0 aromatic carbocycles. The standard InChI is InChI=1S/C4H8O4S2/c1-8-10(7,9)3-2-4(5)6/h2-3H2,1H3,(H,5,6). The molecule has 4 nitrogen and oxygen atoms in total. The molecule has 60 valence electrons. The molecule has 0 saturated carbocycles. The lowest BCUT2D eigenvalue weighted by molar-refractivity contribution is -0.136. The van der Waals surface area contributed by atoms with Gasteiger partial charge in [-0.1, -0.05) is 0 Å². The van der Waals surface area contributed by atoms with E-state index in [1.807, 2.05) is 0 Å². The Morgan fingerprint density at radius 2 is 2.30 bits per heavy atom. The maximum atomic E-state index is 10.8. The van der Waals surface area contributed by atoms with Gasteiger partial charge in [0.1, 0.15) is 8.77 Å². The Balaban J connectivity index is 3.81. The Hall–Kier alpha value is -0.200. The molecule has 0 amide bonds. The normalized spacial score (nSPS) is 16.1. The molecule has 0 saturated heterocycles. The van der Waals surface area contributed by atoms with Crippen LogP contribution in [0.25, 0.3) is 0 Å². The van der Waals surface area contributed by atoms with Crippen molar-refractivity contribution >= 4 is 25.9 Å². The van der Waals surface area contributed by atoms with Gasteiger partial charge in [0.15, 0.2) is 0 Å². The summed E-state index contributed by atoms with van der Waals surface area (Å²) in [6.07, 6.45) is -0.212. The second-order valence-corrected chi connectivity index (χ2v) is 4.95. The maximum Gasteiger partial charge on any atom is 0.304 e. The number of hydrogen-bond donors (Lipinski definition) is 1. The third-order valence-electron chi connectivity index (χ3n) is 0.820. The first-order valence-electron chi connectivity index (χ1n) is 2.48. The summed E-state index contributed by atoms with van der Waals surface area (Å²) in [7, 11) is -1.56. The summed E-state index contributed by atoms with van der Waals surface area (Å²) < 4.78 is 15.2. The van der Waals surface area contributed by atoms with Crippen LogP contribution in [-0.2, 0) is 28.9 Å². The number of aliphatic carboxylic acids is 1. The van der Waals surface area contributed by atoms with Crippen molar-refractivity contribution in [3.8, 4) is 0 Å². The van der Waals surface area contributed by atoms with Crippen LogP contribution in [0.1, 0.15) is 6.42 Å². The molecule has 6 heteroatoms. The first-order chi connectivity index (χ1) is 4.48. The molecule has 0 radical (unpaired) electrons. The fraction of sp³-hybridized carbons (Fsp3) is 0.750. The Morgan fingerprint density at radius 3 is 2.60 bits per heavy atom. The minimum Gasteiger partial charge on any atom is -0.481 e. The van der Waals surface area contributed by atoms with E-state index in [0.29, 0.717) is 0 Å². The number of carboxylic acids is 1. The van der Waals surface area contributed by atoms with Gasteiger partial charge in [0.25, 0.3) is 0 Å². The average molecular weight is 184 g/mol. The molecular formula is C4H8O4S2. The van der Waals surface area contributed by atoms with Crippen LogP contribution in [0.5, 0.6) is 0 Å².